The zero-order chi connectivity index (χ0) is 29.9. The summed E-state index contributed by atoms with van der Waals surface area (Å²) in [7, 11) is 0. The molecular formula is C28H59NO10. The predicted molar refractivity (Wildman–Crippen MR) is 150 cm³/mol. The van der Waals surface area contributed by atoms with E-state index in [0.29, 0.717) is 6.54 Å². The minimum atomic E-state index is -1.75. The number of hydrogen-bond acceptors (Lipinski definition) is 10. The number of aliphatic hydroxyl groups is 8. The number of carbonyl (C=O) groups excluding carboxylic acids is 1. The molecule has 0 saturated heterocycles. The first-order chi connectivity index (χ1) is 18.7. The Morgan fingerprint density at radius 2 is 1.18 bits per heavy atom. The Hall–Kier alpha value is -0.890. The largest absolute Gasteiger partial charge is 0.396 e. The molecule has 0 fully saturated rings. The maximum atomic E-state index is 12.0. The first-order valence-corrected chi connectivity index (χ1v) is 14.8. The molecule has 39 heavy (non-hydrogen) atoms. The lowest BCUT2D eigenvalue weighted by molar-refractivity contribution is -0.197. The van der Waals surface area contributed by atoms with Gasteiger partial charge in [-0.3, -0.25) is 4.79 Å². The van der Waals surface area contributed by atoms with Crippen LogP contribution in [-0.4, -0.2) is 110 Å². The number of aliphatic hydroxyl groups excluding tert-OH is 8. The van der Waals surface area contributed by atoms with Gasteiger partial charge in [-0.05, 0) is 19.8 Å². The highest BCUT2D eigenvalue weighted by atomic mass is 16.6. The summed E-state index contributed by atoms with van der Waals surface area (Å²) in [5.41, 5.74) is 0. The fourth-order valence-corrected chi connectivity index (χ4v) is 3.84. The van der Waals surface area contributed by atoms with Crippen molar-refractivity contribution in [2.75, 3.05) is 26.4 Å². The van der Waals surface area contributed by atoms with Crippen molar-refractivity contribution in [1.29, 1.82) is 0 Å². The number of nitrogens with one attached hydrogen (secondary N) is 1. The van der Waals surface area contributed by atoms with E-state index in [9.17, 15) is 20.1 Å². The van der Waals surface area contributed by atoms with Gasteiger partial charge in [0.05, 0.1) is 25.4 Å². The van der Waals surface area contributed by atoms with Crippen LogP contribution in [-0.2, 0) is 9.53 Å². The molecule has 0 bridgehead atoms. The van der Waals surface area contributed by atoms with E-state index in [4.69, 9.17) is 30.3 Å². The third kappa shape index (κ3) is 24.6. The molecular weight excluding hydrogens is 510 g/mol. The average molecular weight is 570 g/mol. The first-order valence-electron chi connectivity index (χ1n) is 14.8. The Kier molecular flexibility index (Phi) is 29.5. The van der Waals surface area contributed by atoms with E-state index >= 15 is 0 Å². The monoisotopic (exact) mass is 569 g/mol. The van der Waals surface area contributed by atoms with Gasteiger partial charge in [-0.15, -0.1) is 0 Å². The molecule has 6 atom stereocenters. The van der Waals surface area contributed by atoms with Crippen molar-refractivity contribution >= 4 is 5.91 Å². The van der Waals surface area contributed by atoms with E-state index in [1.54, 1.807) is 0 Å². The highest BCUT2D eigenvalue weighted by molar-refractivity contribution is 5.81. The smallest absolute Gasteiger partial charge is 0.251 e. The van der Waals surface area contributed by atoms with Gasteiger partial charge in [-0.1, -0.05) is 90.4 Å². The molecule has 11 heteroatoms. The minimum Gasteiger partial charge on any atom is -0.396 e. The van der Waals surface area contributed by atoms with Crippen molar-refractivity contribution in [3.63, 3.8) is 0 Å². The van der Waals surface area contributed by atoms with Crippen molar-refractivity contribution in [2.45, 2.75) is 147 Å². The SMILES string of the molecule is CC(O)C(O)CO.CCCCCCCCCCCCCCCCNC(=O)C(O)C(O)C(CCO)OC(O)CO. The molecule has 236 valence electrons. The van der Waals surface area contributed by atoms with Crippen LogP contribution in [0.2, 0.25) is 0 Å². The standard InChI is InChI=1S/C24H49NO7.C4H10O3/c1-2-3-4-5-6-7-8-9-10-11-12-13-14-15-17-25-24(31)23(30)22(29)20(16-18-26)32-21(28)19-27;1-3(6)4(7)2-5/h20-23,26-30H,2-19H2,1H3,(H,25,31);3-7H,2H2,1H3. The molecule has 6 unspecified atom stereocenters. The van der Waals surface area contributed by atoms with Gasteiger partial charge < -0.3 is 50.9 Å². The Bertz CT molecular complexity index is 527. The van der Waals surface area contributed by atoms with E-state index in [1.165, 1.54) is 77.6 Å². The van der Waals surface area contributed by atoms with Crippen LogP contribution in [0, 0.1) is 0 Å². The van der Waals surface area contributed by atoms with Gasteiger partial charge >= 0.3 is 0 Å². The van der Waals surface area contributed by atoms with E-state index in [-0.39, 0.29) is 19.6 Å². The quantitative estimate of drug-likeness (QED) is 0.0566. The summed E-state index contributed by atoms with van der Waals surface area (Å²) in [5, 5.41) is 74.8. The molecule has 0 saturated carbocycles. The molecule has 0 aromatic rings. The van der Waals surface area contributed by atoms with E-state index in [0.717, 1.165) is 19.3 Å². The van der Waals surface area contributed by atoms with Gasteiger partial charge in [0.15, 0.2) is 12.4 Å². The highest BCUT2D eigenvalue weighted by Crippen LogP contribution is 2.13. The molecule has 0 heterocycles. The van der Waals surface area contributed by atoms with E-state index < -0.39 is 49.3 Å². The fraction of sp³-hybridized carbons (Fsp3) is 0.964. The average Bonchev–Trinajstić information content (AvgIpc) is 2.93. The van der Waals surface area contributed by atoms with Gasteiger partial charge in [-0.25, -0.2) is 0 Å². The molecule has 0 aliphatic rings. The number of rotatable bonds is 25. The first kappa shape index (κ1) is 40.2. The normalized spacial score (nSPS) is 15.9. The summed E-state index contributed by atoms with van der Waals surface area (Å²) >= 11 is 0. The van der Waals surface area contributed by atoms with Crippen molar-refractivity contribution in [3.8, 4) is 0 Å². The van der Waals surface area contributed by atoms with Gasteiger partial charge in [0.1, 0.15) is 12.2 Å². The molecule has 0 aliphatic heterocycles. The lowest BCUT2D eigenvalue weighted by atomic mass is 10.0. The number of carbonyl (C=O) groups is 1. The summed E-state index contributed by atoms with van der Waals surface area (Å²) in [6, 6.07) is 0. The molecule has 0 aliphatic carbocycles. The van der Waals surface area contributed by atoms with Crippen molar-refractivity contribution < 1.29 is 50.4 Å². The van der Waals surface area contributed by atoms with Gasteiger partial charge in [0.2, 0.25) is 0 Å². The van der Waals surface area contributed by atoms with E-state index in [1.807, 2.05) is 0 Å². The van der Waals surface area contributed by atoms with E-state index in [2.05, 4.69) is 12.2 Å². The van der Waals surface area contributed by atoms with Crippen LogP contribution >= 0.6 is 0 Å². The summed E-state index contributed by atoms with van der Waals surface area (Å²) in [5.74, 6) is -0.725. The molecule has 0 aromatic heterocycles. The van der Waals surface area contributed by atoms with Crippen LogP contribution in [0.1, 0.15) is 110 Å². The molecule has 11 nitrogen and oxygen atoms in total. The Balaban J connectivity index is 0. The van der Waals surface area contributed by atoms with Crippen LogP contribution in [0.4, 0.5) is 0 Å². The fourth-order valence-electron chi connectivity index (χ4n) is 3.84. The summed E-state index contributed by atoms with van der Waals surface area (Å²) in [6.07, 6.45) is 9.44. The maximum absolute atomic E-state index is 12.0. The van der Waals surface area contributed by atoms with Crippen LogP contribution in [0.3, 0.4) is 0 Å². The molecule has 9 N–H and O–H groups in total. The number of amides is 1. The molecule has 1 amide bonds. The van der Waals surface area contributed by atoms with Crippen LogP contribution in [0.5, 0.6) is 0 Å². The number of hydrogen-bond donors (Lipinski definition) is 9. The predicted octanol–water partition coefficient (Wildman–Crippen LogP) is 1.10. The second-order valence-electron chi connectivity index (χ2n) is 10.1. The highest BCUT2D eigenvalue weighted by Gasteiger charge is 2.32. The zero-order valence-electron chi connectivity index (χ0n) is 24.3. The second kappa shape index (κ2) is 28.6. The minimum absolute atomic E-state index is 0.0957. The van der Waals surface area contributed by atoms with Gasteiger partial charge in [0, 0.05) is 13.2 Å². The van der Waals surface area contributed by atoms with Crippen LogP contribution < -0.4 is 5.32 Å². The topological polar surface area (TPSA) is 200 Å². The molecule has 0 aromatic carbocycles. The van der Waals surface area contributed by atoms with Crippen molar-refractivity contribution in [2.24, 2.45) is 0 Å². The Labute approximate surface area is 235 Å². The Morgan fingerprint density at radius 1 is 0.718 bits per heavy atom. The summed E-state index contributed by atoms with van der Waals surface area (Å²) in [6.45, 7) is 2.63. The maximum Gasteiger partial charge on any atom is 0.251 e. The summed E-state index contributed by atoms with van der Waals surface area (Å²) in [4.78, 5) is 12.0. The zero-order valence-corrected chi connectivity index (χ0v) is 24.3. The molecule has 0 rings (SSSR count). The van der Waals surface area contributed by atoms with Crippen molar-refractivity contribution in [3.05, 3.63) is 0 Å². The number of unbranched alkanes of at least 4 members (excludes halogenated alkanes) is 13. The molecule has 0 radical (unpaired) electrons. The second-order valence-corrected chi connectivity index (χ2v) is 10.1. The van der Waals surface area contributed by atoms with Crippen LogP contribution in [0.15, 0.2) is 0 Å². The number of ether oxygens (including phenoxy) is 1. The van der Waals surface area contributed by atoms with Gasteiger partial charge in [0.25, 0.3) is 5.91 Å². The third-order valence-electron chi connectivity index (χ3n) is 6.45. The summed E-state index contributed by atoms with van der Waals surface area (Å²) < 4.78 is 4.96. The molecule has 0 spiro atoms. The van der Waals surface area contributed by atoms with Gasteiger partial charge in [-0.2, -0.15) is 0 Å². The van der Waals surface area contributed by atoms with Crippen LogP contribution in [0.25, 0.3) is 0 Å². The van der Waals surface area contributed by atoms with Crippen molar-refractivity contribution in [1.82, 2.24) is 5.32 Å². The lowest BCUT2D eigenvalue weighted by Gasteiger charge is -2.27. The lowest BCUT2D eigenvalue weighted by Crippen LogP contribution is -2.49. The third-order valence-corrected chi connectivity index (χ3v) is 6.45. The Morgan fingerprint density at radius 3 is 1.54 bits per heavy atom.